The summed E-state index contributed by atoms with van der Waals surface area (Å²) in [6.07, 6.45) is 2.83. The van der Waals surface area contributed by atoms with Crippen LogP contribution in [0.4, 0.5) is 19.0 Å². The summed E-state index contributed by atoms with van der Waals surface area (Å²) in [5.41, 5.74) is 7.51. The highest BCUT2D eigenvalue weighted by atomic mass is 19.4. The Morgan fingerprint density at radius 2 is 1.91 bits per heavy atom. The van der Waals surface area contributed by atoms with Crippen molar-refractivity contribution in [3.05, 3.63) is 42.4 Å². The second-order valence-electron chi connectivity index (χ2n) is 8.05. The van der Waals surface area contributed by atoms with Gasteiger partial charge in [-0.25, -0.2) is 15.0 Å². The predicted octanol–water partition coefficient (Wildman–Crippen LogP) is 3.75. The molecular weight excluding hydrogens is 421 g/mol. The minimum atomic E-state index is -4.44. The molecule has 5 rings (SSSR count). The zero-order valence-electron chi connectivity index (χ0n) is 17.3. The summed E-state index contributed by atoms with van der Waals surface area (Å²) in [6.45, 7) is 2.04. The van der Waals surface area contributed by atoms with Crippen molar-refractivity contribution >= 4 is 16.9 Å². The van der Waals surface area contributed by atoms with Crippen LogP contribution in [0.2, 0.25) is 0 Å². The number of nitrogens with two attached hydrogens (primary N) is 1. The molecule has 32 heavy (non-hydrogen) atoms. The van der Waals surface area contributed by atoms with Crippen LogP contribution in [-0.2, 0) is 6.18 Å². The van der Waals surface area contributed by atoms with Crippen molar-refractivity contribution in [2.75, 3.05) is 25.9 Å². The Kier molecular flexibility index (Phi) is 4.85. The number of piperidine rings is 1. The molecule has 0 unspecified atom stereocenters. The zero-order chi connectivity index (χ0) is 22.5. The summed E-state index contributed by atoms with van der Waals surface area (Å²) in [6, 6.07) is 3.66. The highest BCUT2D eigenvalue weighted by Crippen LogP contribution is 2.32. The number of hydrogen-bond acceptors (Lipinski definition) is 6. The van der Waals surface area contributed by atoms with Gasteiger partial charge in [0.05, 0.1) is 40.7 Å². The van der Waals surface area contributed by atoms with E-state index in [1.54, 1.807) is 12.4 Å². The first-order valence-corrected chi connectivity index (χ1v) is 10.2. The number of nitrogen functional groups attached to an aromatic ring is 1. The lowest BCUT2D eigenvalue weighted by Gasteiger charge is -2.28. The van der Waals surface area contributed by atoms with Gasteiger partial charge in [0, 0.05) is 11.8 Å². The fourth-order valence-electron chi connectivity index (χ4n) is 3.94. The molecule has 0 amide bonds. The van der Waals surface area contributed by atoms with E-state index in [2.05, 4.69) is 37.0 Å². The highest BCUT2D eigenvalue weighted by Gasteiger charge is 2.31. The van der Waals surface area contributed by atoms with Crippen LogP contribution < -0.4 is 5.73 Å². The van der Waals surface area contributed by atoms with E-state index < -0.39 is 11.7 Å². The predicted molar refractivity (Wildman–Crippen MR) is 114 cm³/mol. The second-order valence-corrected chi connectivity index (χ2v) is 8.05. The number of imidazole rings is 1. The van der Waals surface area contributed by atoms with E-state index in [4.69, 9.17) is 5.73 Å². The molecule has 1 aliphatic heterocycles. The lowest BCUT2D eigenvalue weighted by Crippen LogP contribution is -2.31. The standard InChI is InChI=1S/C21H21F3N8/c1-31-6-4-14(5-7-31)32-11-12(9-27-32)17-10-26-19(25)18(28-17)20-29-15-3-2-13(21(22,23)24)8-16(15)30-20/h2-3,8-11,14H,4-7H2,1H3,(H2,25,26)(H,29,30). The third-order valence-electron chi connectivity index (χ3n) is 5.79. The lowest BCUT2D eigenvalue weighted by molar-refractivity contribution is -0.137. The Labute approximate surface area is 181 Å². The SMILES string of the molecule is CN1CCC(n2cc(-c3cnc(N)c(-c4nc5ccc(C(F)(F)F)cc5[nH]4)n3)cn2)CC1. The van der Waals surface area contributed by atoms with E-state index in [0.717, 1.165) is 43.6 Å². The molecule has 0 aliphatic carbocycles. The van der Waals surface area contributed by atoms with Gasteiger partial charge in [-0.2, -0.15) is 18.3 Å². The van der Waals surface area contributed by atoms with Gasteiger partial charge in [-0.3, -0.25) is 4.68 Å². The molecule has 0 radical (unpaired) electrons. The molecule has 4 heterocycles. The van der Waals surface area contributed by atoms with Crippen LogP contribution in [0.5, 0.6) is 0 Å². The molecule has 0 bridgehead atoms. The molecule has 0 saturated carbocycles. The van der Waals surface area contributed by atoms with Gasteiger partial charge in [-0.1, -0.05) is 0 Å². The van der Waals surface area contributed by atoms with Crippen molar-refractivity contribution in [3.63, 3.8) is 0 Å². The van der Waals surface area contributed by atoms with Crippen LogP contribution in [0.1, 0.15) is 24.4 Å². The summed E-state index contributed by atoms with van der Waals surface area (Å²) in [5.74, 6) is 0.389. The maximum absolute atomic E-state index is 13.0. The number of alkyl halides is 3. The number of nitrogens with zero attached hydrogens (tertiary/aromatic N) is 6. The third-order valence-corrected chi connectivity index (χ3v) is 5.79. The Balaban J connectivity index is 1.47. The van der Waals surface area contributed by atoms with Crippen LogP contribution >= 0.6 is 0 Å². The molecular formula is C21H21F3N8. The van der Waals surface area contributed by atoms with Gasteiger partial charge in [-0.15, -0.1) is 0 Å². The fraction of sp³-hybridized carbons (Fsp3) is 0.333. The van der Waals surface area contributed by atoms with Gasteiger partial charge in [-0.05, 0) is 51.2 Å². The van der Waals surface area contributed by atoms with Crippen molar-refractivity contribution in [2.45, 2.75) is 25.1 Å². The van der Waals surface area contributed by atoms with Crippen molar-refractivity contribution in [3.8, 4) is 22.8 Å². The first-order chi connectivity index (χ1) is 15.3. The maximum Gasteiger partial charge on any atom is 0.416 e. The Morgan fingerprint density at radius 1 is 1.12 bits per heavy atom. The van der Waals surface area contributed by atoms with Crippen molar-refractivity contribution < 1.29 is 13.2 Å². The van der Waals surface area contributed by atoms with Gasteiger partial charge < -0.3 is 15.6 Å². The number of fused-ring (bicyclic) bond motifs is 1. The molecule has 3 aromatic heterocycles. The van der Waals surface area contributed by atoms with Gasteiger partial charge >= 0.3 is 6.18 Å². The number of anilines is 1. The van der Waals surface area contributed by atoms with Crippen LogP contribution in [0.15, 0.2) is 36.8 Å². The van der Waals surface area contributed by atoms with E-state index in [1.807, 2.05) is 10.9 Å². The molecule has 0 atom stereocenters. The molecule has 3 N–H and O–H groups in total. The van der Waals surface area contributed by atoms with E-state index in [9.17, 15) is 13.2 Å². The number of aromatic nitrogens is 6. The van der Waals surface area contributed by atoms with Crippen LogP contribution in [0, 0.1) is 0 Å². The average molecular weight is 442 g/mol. The lowest BCUT2D eigenvalue weighted by atomic mass is 10.1. The van der Waals surface area contributed by atoms with Crippen molar-refractivity contribution in [1.82, 2.24) is 34.6 Å². The molecule has 1 fully saturated rings. The smallest absolute Gasteiger partial charge is 0.382 e. The number of halogens is 3. The van der Waals surface area contributed by atoms with E-state index in [-0.39, 0.29) is 22.9 Å². The number of nitrogens with one attached hydrogen (secondary N) is 1. The maximum atomic E-state index is 13.0. The largest absolute Gasteiger partial charge is 0.416 e. The topological polar surface area (TPSA) is 102 Å². The molecule has 8 nitrogen and oxygen atoms in total. The van der Waals surface area contributed by atoms with Crippen molar-refractivity contribution in [2.24, 2.45) is 0 Å². The van der Waals surface area contributed by atoms with Gasteiger partial charge in [0.1, 0.15) is 5.69 Å². The number of benzene rings is 1. The Morgan fingerprint density at radius 3 is 2.66 bits per heavy atom. The molecule has 11 heteroatoms. The average Bonchev–Trinajstić information content (AvgIpc) is 3.41. The molecule has 0 spiro atoms. The molecule has 4 aromatic rings. The Bertz CT molecular complexity index is 1270. The number of hydrogen-bond donors (Lipinski definition) is 2. The second kappa shape index (κ2) is 7.59. The van der Waals surface area contributed by atoms with E-state index >= 15 is 0 Å². The minimum Gasteiger partial charge on any atom is -0.382 e. The first kappa shape index (κ1) is 20.4. The summed E-state index contributed by atoms with van der Waals surface area (Å²) in [7, 11) is 2.11. The Hall–Kier alpha value is -3.47. The van der Waals surface area contributed by atoms with Gasteiger partial charge in [0.2, 0.25) is 0 Å². The monoisotopic (exact) mass is 442 g/mol. The minimum absolute atomic E-state index is 0.131. The number of rotatable bonds is 3. The van der Waals surface area contributed by atoms with Crippen LogP contribution in [0.25, 0.3) is 33.8 Å². The van der Waals surface area contributed by atoms with Gasteiger partial charge in [0.25, 0.3) is 0 Å². The summed E-state index contributed by atoms with van der Waals surface area (Å²) in [4.78, 5) is 18.3. The van der Waals surface area contributed by atoms with Crippen molar-refractivity contribution in [1.29, 1.82) is 0 Å². The number of H-pyrrole nitrogens is 1. The normalized spacial score (nSPS) is 16.1. The van der Waals surface area contributed by atoms with Crippen LogP contribution in [-0.4, -0.2) is 54.8 Å². The summed E-state index contributed by atoms with van der Waals surface area (Å²) < 4.78 is 41.0. The molecule has 1 saturated heterocycles. The quantitative estimate of drug-likeness (QED) is 0.501. The fourth-order valence-corrected chi connectivity index (χ4v) is 3.94. The van der Waals surface area contributed by atoms with Crippen LogP contribution in [0.3, 0.4) is 0 Å². The highest BCUT2D eigenvalue weighted by molar-refractivity contribution is 5.81. The van der Waals surface area contributed by atoms with E-state index in [0.29, 0.717) is 17.3 Å². The van der Waals surface area contributed by atoms with E-state index in [1.165, 1.54) is 6.07 Å². The number of aromatic amines is 1. The molecule has 1 aromatic carbocycles. The number of likely N-dealkylation sites (tertiary alicyclic amines) is 1. The summed E-state index contributed by atoms with van der Waals surface area (Å²) in [5, 5.41) is 4.50. The summed E-state index contributed by atoms with van der Waals surface area (Å²) >= 11 is 0. The zero-order valence-corrected chi connectivity index (χ0v) is 17.3. The van der Waals surface area contributed by atoms with Gasteiger partial charge in [0.15, 0.2) is 11.6 Å². The molecule has 1 aliphatic rings. The third kappa shape index (κ3) is 3.79. The first-order valence-electron chi connectivity index (χ1n) is 10.2. The molecule has 166 valence electrons.